The molecule has 1 aliphatic heterocycles. The van der Waals surface area contributed by atoms with Crippen molar-refractivity contribution in [1.29, 1.82) is 0 Å². The molecule has 22 heavy (non-hydrogen) atoms. The van der Waals surface area contributed by atoms with Crippen molar-refractivity contribution in [3.63, 3.8) is 0 Å². The minimum Gasteiger partial charge on any atom is -0.370 e. The first-order valence-corrected chi connectivity index (χ1v) is 7.29. The molecule has 0 aromatic carbocycles. The Hall–Kier alpha value is -2.41. The molecule has 7 heteroatoms. The number of ether oxygens (including phenoxy) is 1. The summed E-state index contributed by atoms with van der Waals surface area (Å²) < 4.78 is 5.65. The van der Waals surface area contributed by atoms with Crippen LogP contribution in [0.15, 0.2) is 31.0 Å². The zero-order valence-electron chi connectivity index (χ0n) is 12.1. The molecular formula is C15H17N5O2. The van der Waals surface area contributed by atoms with Gasteiger partial charge in [-0.1, -0.05) is 0 Å². The highest BCUT2D eigenvalue weighted by Crippen LogP contribution is 2.24. The minimum absolute atomic E-state index is 0.00147. The van der Waals surface area contributed by atoms with E-state index in [0.29, 0.717) is 18.1 Å². The smallest absolute Gasteiger partial charge is 0.270 e. The Kier molecular flexibility index (Phi) is 4.65. The molecule has 0 unspecified atom stereocenters. The summed E-state index contributed by atoms with van der Waals surface area (Å²) in [6.45, 7) is 1.12. The van der Waals surface area contributed by atoms with Gasteiger partial charge < -0.3 is 10.1 Å². The van der Waals surface area contributed by atoms with Crippen LogP contribution in [0.5, 0.6) is 0 Å². The van der Waals surface area contributed by atoms with Gasteiger partial charge in [0.1, 0.15) is 18.1 Å². The maximum atomic E-state index is 11.9. The fourth-order valence-corrected chi connectivity index (χ4v) is 2.26. The van der Waals surface area contributed by atoms with E-state index in [1.165, 1.54) is 12.5 Å². The number of hydrogen-bond donors (Lipinski definition) is 1. The summed E-state index contributed by atoms with van der Waals surface area (Å²) in [5.41, 5.74) is 1.17. The third-order valence-electron chi connectivity index (χ3n) is 3.46. The van der Waals surface area contributed by atoms with Crippen LogP contribution in [0, 0.1) is 0 Å². The van der Waals surface area contributed by atoms with Crippen LogP contribution in [0.25, 0.3) is 0 Å². The van der Waals surface area contributed by atoms with Crippen molar-refractivity contribution in [2.45, 2.75) is 31.9 Å². The van der Waals surface area contributed by atoms with Crippen molar-refractivity contribution in [2.75, 3.05) is 6.61 Å². The molecule has 7 nitrogen and oxygen atoms in total. The lowest BCUT2D eigenvalue weighted by Crippen LogP contribution is -2.24. The fourth-order valence-electron chi connectivity index (χ4n) is 2.26. The Morgan fingerprint density at radius 3 is 2.82 bits per heavy atom. The molecule has 1 aliphatic rings. The van der Waals surface area contributed by atoms with Crippen molar-refractivity contribution in [1.82, 2.24) is 25.3 Å². The first kappa shape index (κ1) is 14.5. The lowest BCUT2D eigenvalue weighted by Gasteiger charge is -2.21. The number of hydrogen-bond acceptors (Lipinski definition) is 6. The molecule has 1 N–H and O–H groups in total. The van der Waals surface area contributed by atoms with Crippen molar-refractivity contribution < 1.29 is 9.53 Å². The number of rotatable bonds is 4. The van der Waals surface area contributed by atoms with Gasteiger partial charge in [0.25, 0.3) is 5.91 Å². The molecule has 0 aliphatic carbocycles. The maximum Gasteiger partial charge on any atom is 0.270 e. The summed E-state index contributed by atoms with van der Waals surface area (Å²) in [5.74, 6) is 0.465. The van der Waals surface area contributed by atoms with Crippen LogP contribution < -0.4 is 5.32 Å². The van der Waals surface area contributed by atoms with E-state index in [9.17, 15) is 4.79 Å². The predicted molar refractivity (Wildman–Crippen MR) is 77.8 cm³/mol. The molecule has 2 aromatic rings. The first-order chi connectivity index (χ1) is 10.8. The number of amides is 1. The average molecular weight is 299 g/mol. The molecule has 0 saturated carbocycles. The number of nitrogens with one attached hydrogen (secondary N) is 1. The Morgan fingerprint density at radius 1 is 1.27 bits per heavy atom. The Morgan fingerprint density at radius 2 is 2.14 bits per heavy atom. The van der Waals surface area contributed by atoms with Crippen LogP contribution in [0.2, 0.25) is 0 Å². The molecule has 0 spiro atoms. The summed E-state index contributed by atoms with van der Waals surface area (Å²) in [5, 5.41) is 2.77. The molecule has 0 radical (unpaired) electrons. The van der Waals surface area contributed by atoms with Crippen LogP contribution in [-0.4, -0.2) is 32.4 Å². The Bertz CT molecular complexity index is 612. The molecule has 3 heterocycles. The summed E-state index contributed by atoms with van der Waals surface area (Å²) in [6.07, 6.45) is 9.53. The van der Waals surface area contributed by atoms with Crippen LogP contribution in [-0.2, 0) is 11.3 Å². The third-order valence-corrected chi connectivity index (χ3v) is 3.46. The molecule has 1 saturated heterocycles. The number of nitrogens with zero attached hydrogens (tertiary/aromatic N) is 4. The number of carbonyl (C=O) groups is 1. The quantitative estimate of drug-likeness (QED) is 0.918. The van der Waals surface area contributed by atoms with E-state index < -0.39 is 0 Å². The third kappa shape index (κ3) is 3.62. The topological polar surface area (TPSA) is 89.9 Å². The van der Waals surface area contributed by atoms with E-state index in [-0.39, 0.29) is 12.0 Å². The zero-order chi connectivity index (χ0) is 15.2. The van der Waals surface area contributed by atoms with Crippen LogP contribution in [0.1, 0.15) is 47.2 Å². The highest BCUT2D eigenvalue weighted by Gasteiger charge is 2.18. The van der Waals surface area contributed by atoms with Crippen molar-refractivity contribution in [3.8, 4) is 0 Å². The summed E-state index contributed by atoms with van der Waals surface area (Å²) >= 11 is 0. The van der Waals surface area contributed by atoms with Crippen molar-refractivity contribution in [2.24, 2.45) is 0 Å². The molecular weight excluding hydrogens is 282 g/mol. The highest BCUT2D eigenvalue weighted by molar-refractivity contribution is 5.91. The average Bonchev–Trinajstić information content (AvgIpc) is 2.61. The Balaban J connectivity index is 1.56. The number of aromatic nitrogens is 4. The highest BCUT2D eigenvalue weighted by atomic mass is 16.5. The van der Waals surface area contributed by atoms with E-state index in [1.807, 2.05) is 0 Å². The SMILES string of the molecule is O=C(NCc1cnc([C@H]2CCCCO2)nc1)c1ccncn1. The van der Waals surface area contributed by atoms with Crippen LogP contribution in [0.4, 0.5) is 0 Å². The number of carbonyl (C=O) groups excluding carboxylic acids is 1. The monoisotopic (exact) mass is 299 g/mol. The van der Waals surface area contributed by atoms with E-state index in [0.717, 1.165) is 31.4 Å². The molecule has 3 rings (SSSR count). The lowest BCUT2D eigenvalue weighted by atomic mass is 10.1. The predicted octanol–water partition coefficient (Wildman–Crippen LogP) is 1.44. The summed E-state index contributed by atoms with van der Waals surface area (Å²) in [7, 11) is 0. The van der Waals surface area contributed by atoms with Gasteiger partial charge in [0.05, 0.1) is 0 Å². The molecule has 1 fully saturated rings. The standard InChI is InChI=1S/C15H17N5O2/c21-15(12-4-5-16-10-20-12)19-9-11-7-17-14(18-8-11)13-3-1-2-6-22-13/h4-5,7-8,10,13H,1-3,6,9H2,(H,19,21)/t13-/m1/s1. The van der Waals surface area contributed by atoms with Crippen molar-refractivity contribution >= 4 is 5.91 Å². The van der Waals surface area contributed by atoms with Gasteiger partial charge in [0.15, 0.2) is 5.82 Å². The van der Waals surface area contributed by atoms with Crippen LogP contribution >= 0.6 is 0 Å². The fraction of sp³-hybridized carbons (Fsp3) is 0.400. The van der Waals surface area contributed by atoms with E-state index in [4.69, 9.17) is 4.74 Å². The summed E-state index contributed by atoms with van der Waals surface area (Å²) in [6, 6.07) is 1.56. The largest absolute Gasteiger partial charge is 0.370 e. The minimum atomic E-state index is -0.248. The van der Waals surface area contributed by atoms with Gasteiger partial charge >= 0.3 is 0 Å². The van der Waals surface area contributed by atoms with E-state index in [2.05, 4.69) is 25.3 Å². The van der Waals surface area contributed by atoms with Gasteiger partial charge in [0.2, 0.25) is 0 Å². The van der Waals surface area contributed by atoms with Crippen LogP contribution in [0.3, 0.4) is 0 Å². The molecule has 114 valence electrons. The van der Waals surface area contributed by atoms with Gasteiger partial charge in [-0.25, -0.2) is 19.9 Å². The lowest BCUT2D eigenvalue weighted by molar-refractivity contribution is 0.00940. The molecule has 0 bridgehead atoms. The van der Waals surface area contributed by atoms with E-state index >= 15 is 0 Å². The van der Waals surface area contributed by atoms with Crippen molar-refractivity contribution in [3.05, 3.63) is 48.1 Å². The van der Waals surface area contributed by atoms with Gasteiger partial charge in [-0.15, -0.1) is 0 Å². The second-order valence-electron chi connectivity index (χ2n) is 5.08. The van der Waals surface area contributed by atoms with Gasteiger partial charge in [-0.2, -0.15) is 0 Å². The normalized spacial score (nSPS) is 17.9. The molecule has 1 amide bonds. The first-order valence-electron chi connectivity index (χ1n) is 7.29. The van der Waals surface area contributed by atoms with Gasteiger partial charge in [-0.05, 0) is 25.3 Å². The Labute approximate surface area is 128 Å². The second kappa shape index (κ2) is 7.04. The van der Waals surface area contributed by atoms with Gasteiger partial charge in [0, 0.05) is 37.3 Å². The van der Waals surface area contributed by atoms with Gasteiger partial charge in [-0.3, -0.25) is 4.79 Å². The summed E-state index contributed by atoms with van der Waals surface area (Å²) in [4.78, 5) is 28.2. The second-order valence-corrected chi connectivity index (χ2v) is 5.08. The molecule has 1 atom stereocenters. The zero-order valence-corrected chi connectivity index (χ0v) is 12.1. The van der Waals surface area contributed by atoms with E-state index in [1.54, 1.807) is 18.5 Å². The molecule has 2 aromatic heterocycles. The maximum absolute atomic E-state index is 11.9.